The lowest BCUT2D eigenvalue weighted by Gasteiger charge is -2.37. The van der Waals surface area contributed by atoms with Crippen LogP contribution in [0.4, 0.5) is 17.1 Å². The Labute approximate surface area is 316 Å². The number of aliphatic hydroxyl groups is 1. The van der Waals surface area contributed by atoms with Crippen LogP contribution in [0, 0.1) is 5.92 Å². The number of anilines is 3. The fraction of sp³-hybridized carbons (Fsp3) is 0.333. The molecule has 1 spiro atoms. The summed E-state index contributed by atoms with van der Waals surface area (Å²) in [5.74, 6) is 0.896. The van der Waals surface area contributed by atoms with Gasteiger partial charge in [-0.1, -0.05) is 85.0 Å². The molecule has 278 valence electrons. The maximum atomic E-state index is 15.4. The number of aromatic nitrogens is 3. The third-order valence-electron chi connectivity index (χ3n) is 11.6. The van der Waals surface area contributed by atoms with Crippen molar-refractivity contribution in [1.29, 1.82) is 0 Å². The average Bonchev–Trinajstić information content (AvgIpc) is 3.84. The second kappa shape index (κ2) is 14.2. The second-order valence-electron chi connectivity index (χ2n) is 15.0. The van der Waals surface area contributed by atoms with Crippen LogP contribution in [-0.4, -0.2) is 66.4 Å². The smallest absolute Gasteiger partial charge is 0.269 e. The van der Waals surface area contributed by atoms with Crippen LogP contribution in [-0.2, 0) is 39.4 Å². The molecule has 1 saturated heterocycles. The van der Waals surface area contributed by atoms with E-state index in [1.54, 1.807) is 16.7 Å². The number of fused-ring (bicyclic) bond motifs is 3. The van der Waals surface area contributed by atoms with Gasteiger partial charge >= 0.3 is 0 Å². The number of carbonyl (C=O) groups is 2. The molecule has 3 aliphatic heterocycles. The number of benzene rings is 4. The zero-order valence-electron chi connectivity index (χ0n) is 31.0. The molecule has 0 aliphatic carbocycles. The van der Waals surface area contributed by atoms with Gasteiger partial charge in [-0.15, -0.1) is 5.10 Å². The van der Waals surface area contributed by atoms with Crippen molar-refractivity contribution >= 4 is 42.1 Å². The maximum absolute atomic E-state index is 15.4. The standard InChI is InChI=1S/C42H45N5O6Si/c1-28-40(54(3,4)33-17-15-32(51-2)16-18-33)38(20-22-45-26-30(21-23-48)43-44-45)53-42(28)34-24-31(47-36-12-8-9-13-37(36)52-27-39(47)49)14-19-35(34)46(41(42)50)25-29-10-6-5-7-11-29/h5-19,24,26,28,38,40,48H,20-23,25,27H2,1-4H3/t28-,38+,40-,42+/m0/s1. The van der Waals surface area contributed by atoms with Crippen LogP contribution in [0.5, 0.6) is 11.5 Å². The number of amides is 2. The number of rotatable bonds is 11. The molecule has 1 N–H and O–H groups in total. The zero-order valence-corrected chi connectivity index (χ0v) is 32.0. The van der Waals surface area contributed by atoms with Crippen LogP contribution < -0.4 is 24.5 Å². The van der Waals surface area contributed by atoms with E-state index in [0.29, 0.717) is 43.1 Å². The minimum absolute atomic E-state index is 0.00118. The third-order valence-corrected chi connectivity index (χ3v) is 15.9. The van der Waals surface area contributed by atoms with Crippen LogP contribution in [0.1, 0.15) is 30.2 Å². The van der Waals surface area contributed by atoms with Gasteiger partial charge in [0, 0.05) is 42.9 Å². The monoisotopic (exact) mass is 743 g/mol. The van der Waals surface area contributed by atoms with E-state index in [4.69, 9.17) is 14.2 Å². The Morgan fingerprint density at radius 2 is 1.72 bits per heavy atom. The molecule has 2 amide bonds. The summed E-state index contributed by atoms with van der Waals surface area (Å²) < 4.78 is 20.5. The Balaban J connectivity index is 1.26. The zero-order chi connectivity index (χ0) is 37.6. The number of methoxy groups -OCH3 is 1. The van der Waals surface area contributed by atoms with Crippen LogP contribution >= 0.6 is 0 Å². The molecule has 0 radical (unpaired) electrons. The van der Waals surface area contributed by atoms with Gasteiger partial charge in [0.05, 0.1) is 44.9 Å². The molecule has 54 heavy (non-hydrogen) atoms. The van der Waals surface area contributed by atoms with Crippen molar-refractivity contribution in [3.63, 3.8) is 0 Å². The van der Waals surface area contributed by atoms with E-state index < -0.39 is 13.7 Å². The van der Waals surface area contributed by atoms with E-state index >= 15 is 4.79 Å². The minimum atomic E-state index is -2.41. The van der Waals surface area contributed by atoms with Gasteiger partial charge in [0.1, 0.15) is 11.5 Å². The number of ether oxygens (including phenoxy) is 3. The summed E-state index contributed by atoms with van der Waals surface area (Å²) in [5.41, 5.74) is 3.29. The SMILES string of the molecule is COc1ccc([Si](C)(C)[C@@H]2[C@@H](CCn3cc(CCO)nn3)O[C@]3(C(=O)N(Cc4ccccc4)c4ccc(N5C(=O)COc6ccccc65)cc43)[C@H]2C)cc1. The van der Waals surface area contributed by atoms with Gasteiger partial charge in [0.25, 0.3) is 11.8 Å². The summed E-state index contributed by atoms with van der Waals surface area (Å²) in [6.45, 7) is 7.73. The van der Waals surface area contributed by atoms with Crippen molar-refractivity contribution in [2.75, 3.05) is 30.1 Å². The van der Waals surface area contributed by atoms with Gasteiger partial charge < -0.3 is 24.2 Å². The van der Waals surface area contributed by atoms with E-state index in [-0.39, 0.29) is 42.6 Å². The van der Waals surface area contributed by atoms with E-state index in [2.05, 4.69) is 42.5 Å². The van der Waals surface area contributed by atoms with Crippen LogP contribution in [0.2, 0.25) is 18.6 Å². The lowest BCUT2D eigenvalue weighted by Crippen LogP contribution is -2.51. The summed E-state index contributed by atoms with van der Waals surface area (Å²) in [6.07, 6.45) is 2.59. The van der Waals surface area contributed by atoms with Crippen molar-refractivity contribution in [1.82, 2.24) is 15.0 Å². The van der Waals surface area contributed by atoms with Gasteiger partial charge in [-0.05, 0) is 60.0 Å². The first kappa shape index (κ1) is 35.7. The number of para-hydroxylation sites is 2. The molecule has 4 aromatic carbocycles. The third kappa shape index (κ3) is 5.98. The van der Waals surface area contributed by atoms with Crippen molar-refractivity contribution in [2.24, 2.45) is 5.92 Å². The summed E-state index contributed by atoms with van der Waals surface area (Å²) in [6, 6.07) is 31.7. The first-order valence-electron chi connectivity index (χ1n) is 18.5. The first-order chi connectivity index (χ1) is 26.1. The van der Waals surface area contributed by atoms with Crippen molar-refractivity contribution in [3.05, 3.63) is 120 Å². The molecule has 1 aromatic heterocycles. The highest BCUT2D eigenvalue weighted by Gasteiger charge is 2.66. The number of hydrogen-bond acceptors (Lipinski definition) is 8. The number of carbonyl (C=O) groups excluding carboxylic acids is 2. The average molecular weight is 744 g/mol. The minimum Gasteiger partial charge on any atom is -0.497 e. The summed E-state index contributed by atoms with van der Waals surface area (Å²) in [5, 5.41) is 19.3. The predicted octanol–water partition coefficient (Wildman–Crippen LogP) is 5.73. The maximum Gasteiger partial charge on any atom is 0.269 e. The molecular formula is C42H45N5O6Si. The molecule has 4 heterocycles. The highest BCUT2D eigenvalue weighted by Crippen LogP contribution is 2.61. The number of aliphatic hydroxyl groups excluding tert-OH is 1. The van der Waals surface area contributed by atoms with Gasteiger partial charge in [0.2, 0.25) is 0 Å². The van der Waals surface area contributed by atoms with Crippen molar-refractivity contribution in [2.45, 2.75) is 63.2 Å². The summed E-state index contributed by atoms with van der Waals surface area (Å²) >= 11 is 0. The molecule has 0 bridgehead atoms. The van der Waals surface area contributed by atoms with Crippen molar-refractivity contribution < 1.29 is 28.9 Å². The molecule has 0 saturated carbocycles. The molecular weight excluding hydrogens is 699 g/mol. The quantitative estimate of drug-likeness (QED) is 0.171. The van der Waals surface area contributed by atoms with Gasteiger partial charge in [-0.25, -0.2) is 0 Å². The molecule has 5 aromatic rings. The molecule has 1 fully saturated rings. The van der Waals surface area contributed by atoms with E-state index in [1.165, 1.54) is 5.19 Å². The highest BCUT2D eigenvalue weighted by atomic mass is 28.3. The summed E-state index contributed by atoms with van der Waals surface area (Å²) in [4.78, 5) is 32.5. The first-order valence-corrected chi connectivity index (χ1v) is 21.6. The number of aryl methyl sites for hydroxylation is 1. The van der Waals surface area contributed by atoms with E-state index in [9.17, 15) is 9.90 Å². The fourth-order valence-corrected chi connectivity index (χ4v) is 13.0. The van der Waals surface area contributed by atoms with Crippen LogP contribution in [0.3, 0.4) is 0 Å². The fourth-order valence-electron chi connectivity index (χ4n) is 8.96. The lowest BCUT2D eigenvalue weighted by atomic mass is 9.82. The topological polar surface area (TPSA) is 119 Å². The normalized spacial score (nSPS) is 22.1. The molecule has 12 heteroatoms. The van der Waals surface area contributed by atoms with Crippen molar-refractivity contribution in [3.8, 4) is 11.5 Å². The molecule has 4 atom stereocenters. The predicted molar refractivity (Wildman–Crippen MR) is 208 cm³/mol. The Kier molecular flexibility index (Phi) is 9.37. The Morgan fingerprint density at radius 1 is 0.963 bits per heavy atom. The van der Waals surface area contributed by atoms with Gasteiger partial charge in [-0.2, -0.15) is 0 Å². The van der Waals surface area contributed by atoms with E-state index in [0.717, 1.165) is 28.3 Å². The Bertz CT molecular complexity index is 2180. The van der Waals surface area contributed by atoms with E-state index in [1.807, 2.05) is 96.0 Å². The molecule has 8 rings (SSSR count). The largest absolute Gasteiger partial charge is 0.497 e. The summed E-state index contributed by atoms with van der Waals surface area (Å²) in [7, 11) is -0.741. The molecule has 11 nitrogen and oxygen atoms in total. The highest BCUT2D eigenvalue weighted by molar-refractivity contribution is 6.91. The molecule has 3 aliphatic rings. The van der Waals surface area contributed by atoms with Gasteiger partial charge in [0.15, 0.2) is 12.2 Å². The van der Waals surface area contributed by atoms with Crippen LogP contribution in [0.15, 0.2) is 103 Å². The molecule has 0 unspecified atom stereocenters. The Hall–Kier alpha value is -5.30. The second-order valence-corrected chi connectivity index (χ2v) is 19.6. The number of hydrogen-bond donors (Lipinski definition) is 1. The lowest BCUT2D eigenvalue weighted by molar-refractivity contribution is -0.146. The van der Waals surface area contributed by atoms with Crippen LogP contribution in [0.25, 0.3) is 0 Å². The Morgan fingerprint density at radius 3 is 2.48 bits per heavy atom. The van der Waals surface area contributed by atoms with Gasteiger partial charge in [-0.3, -0.25) is 19.2 Å². The number of nitrogens with zero attached hydrogens (tertiary/aromatic N) is 5.